The molecule has 0 radical (unpaired) electrons. The van der Waals surface area contributed by atoms with E-state index in [-0.39, 0.29) is 5.75 Å². The molecule has 0 amide bonds. The first-order valence-corrected chi connectivity index (χ1v) is 7.55. The van der Waals surface area contributed by atoms with E-state index in [1.807, 2.05) is 0 Å². The molecule has 118 valence electrons. The highest BCUT2D eigenvalue weighted by atomic mass is 35.5. The van der Waals surface area contributed by atoms with Gasteiger partial charge in [0.15, 0.2) is 0 Å². The zero-order valence-electron chi connectivity index (χ0n) is 12.1. The Labute approximate surface area is 129 Å². The maximum Gasteiger partial charge on any atom is 0.387 e. The maximum atomic E-state index is 12.4. The van der Waals surface area contributed by atoms with Gasteiger partial charge in [-0.2, -0.15) is 8.78 Å². The van der Waals surface area contributed by atoms with Gasteiger partial charge in [0.2, 0.25) is 0 Å². The molecule has 0 atom stereocenters. The molecule has 6 heteroatoms. The van der Waals surface area contributed by atoms with Crippen LogP contribution in [0.5, 0.6) is 5.75 Å². The average Bonchev–Trinajstić information content (AvgIpc) is 2.43. The third kappa shape index (κ3) is 5.41. The lowest BCUT2D eigenvalue weighted by atomic mass is 9.97. The lowest BCUT2D eigenvalue weighted by Gasteiger charge is -2.29. The number of halogens is 3. The first kappa shape index (κ1) is 16.5. The molecule has 1 heterocycles. The molecular weight excluding hydrogens is 298 g/mol. The second kappa shape index (κ2) is 7.92. The summed E-state index contributed by atoms with van der Waals surface area (Å²) in [7, 11) is 2.13. The van der Waals surface area contributed by atoms with Gasteiger partial charge in [-0.15, -0.1) is 0 Å². The number of ether oxygens (including phenoxy) is 1. The summed E-state index contributed by atoms with van der Waals surface area (Å²) < 4.78 is 29.3. The molecule has 0 unspecified atom stereocenters. The van der Waals surface area contributed by atoms with Gasteiger partial charge in [0, 0.05) is 17.1 Å². The van der Waals surface area contributed by atoms with Crippen molar-refractivity contribution in [3.8, 4) is 5.75 Å². The van der Waals surface area contributed by atoms with E-state index in [9.17, 15) is 8.78 Å². The summed E-state index contributed by atoms with van der Waals surface area (Å²) in [5.41, 5.74) is 0.663. The smallest absolute Gasteiger partial charge is 0.387 e. The Morgan fingerprint density at radius 3 is 2.76 bits per heavy atom. The highest BCUT2D eigenvalue weighted by molar-refractivity contribution is 6.30. The number of hydrogen-bond donors (Lipinski definition) is 1. The number of nitrogens with one attached hydrogen (secondary N) is 1. The predicted octanol–water partition coefficient (Wildman–Crippen LogP) is 3.37. The van der Waals surface area contributed by atoms with Crippen LogP contribution < -0.4 is 10.1 Å². The minimum absolute atomic E-state index is 0.185. The summed E-state index contributed by atoms with van der Waals surface area (Å²) in [6.07, 6.45) is 2.33. The van der Waals surface area contributed by atoms with Crippen LogP contribution in [-0.2, 0) is 6.54 Å². The van der Waals surface area contributed by atoms with Crippen LogP contribution >= 0.6 is 11.6 Å². The van der Waals surface area contributed by atoms with Gasteiger partial charge in [0.25, 0.3) is 0 Å². The topological polar surface area (TPSA) is 24.5 Å². The predicted molar refractivity (Wildman–Crippen MR) is 80.0 cm³/mol. The molecule has 0 spiro atoms. The van der Waals surface area contributed by atoms with Crippen molar-refractivity contribution < 1.29 is 13.5 Å². The molecule has 2 rings (SSSR count). The number of benzene rings is 1. The Bertz CT molecular complexity index is 451. The average molecular weight is 319 g/mol. The molecule has 1 aliphatic rings. The SMILES string of the molecule is CN1CCC(CNCc2cc(Cl)ccc2OC(F)F)CC1. The molecule has 3 nitrogen and oxygen atoms in total. The monoisotopic (exact) mass is 318 g/mol. The van der Waals surface area contributed by atoms with Crippen molar-refractivity contribution in [2.24, 2.45) is 5.92 Å². The fourth-order valence-electron chi connectivity index (χ4n) is 2.57. The van der Waals surface area contributed by atoms with Crippen LogP contribution in [0.3, 0.4) is 0 Å². The molecule has 1 saturated heterocycles. The third-order valence-electron chi connectivity index (χ3n) is 3.83. The molecule has 0 aromatic heterocycles. The molecule has 0 saturated carbocycles. The number of rotatable bonds is 6. The summed E-state index contributed by atoms with van der Waals surface area (Å²) in [5.74, 6) is 0.824. The molecule has 1 aliphatic heterocycles. The molecule has 1 N–H and O–H groups in total. The Morgan fingerprint density at radius 1 is 1.38 bits per heavy atom. The lowest BCUT2D eigenvalue weighted by Crippen LogP contribution is -2.34. The van der Waals surface area contributed by atoms with Crippen molar-refractivity contribution in [1.82, 2.24) is 10.2 Å². The van der Waals surface area contributed by atoms with Crippen molar-refractivity contribution in [2.45, 2.75) is 26.0 Å². The number of hydrogen-bond acceptors (Lipinski definition) is 3. The molecule has 1 aromatic rings. The molecule has 1 fully saturated rings. The maximum absolute atomic E-state index is 12.4. The van der Waals surface area contributed by atoms with E-state index in [2.05, 4.69) is 22.0 Å². The normalized spacial score (nSPS) is 17.4. The number of nitrogens with zero attached hydrogens (tertiary/aromatic N) is 1. The van der Waals surface area contributed by atoms with Crippen LogP contribution in [0.2, 0.25) is 5.02 Å². The summed E-state index contributed by atoms with van der Waals surface area (Å²) >= 11 is 5.92. The van der Waals surface area contributed by atoms with E-state index in [0.29, 0.717) is 23.0 Å². The Kier molecular flexibility index (Phi) is 6.21. The molecule has 0 aliphatic carbocycles. The van der Waals surface area contributed by atoms with Crippen LogP contribution in [0.15, 0.2) is 18.2 Å². The van der Waals surface area contributed by atoms with Crippen molar-refractivity contribution in [3.05, 3.63) is 28.8 Å². The second-order valence-electron chi connectivity index (χ2n) is 5.51. The lowest BCUT2D eigenvalue weighted by molar-refractivity contribution is -0.0505. The fraction of sp³-hybridized carbons (Fsp3) is 0.600. The van der Waals surface area contributed by atoms with Crippen LogP contribution in [0.25, 0.3) is 0 Å². The van der Waals surface area contributed by atoms with Crippen LogP contribution in [-0.4, -0.2) is 38.2 Å². The van der Waals surface area contributed by atoms with Gasteiger partial charge < -0.3 is 15.0 Å². The zero-order chi connectivity index (χ0) is 15.2. The molecule has 0 bridgehead atoms. The van der Waals surface area contributed by atoms with E-state index in [1.54, 1.807) is 12.1 Å². The van der Waals surface area contributed by atoms with E-state index in [4.69, 9.17) is 11.6 Å². The van der Waals surface area contributed by atoms with Gasteiger partial charge in [-0.25, -0.2) is 0 Å². The van der Waals surface area contributed by atoms with Gasteiger partial charge in [0.05, 0.1) is 0 Å². The van der Waals surface area contributed by atoms with Gasteiger partial charge in [0.1, 0.15) is 5.75 Å². The summed E-state index contributed by atoms with van der Waals surface area (Å²) in [6.45, 7) is 0.773. The summed E-state index contributed by atoms with van der Waals surface area (Å²) in [4.78, 5) is 2.32. The van der Waals surface area contributed by atoms with Gasteiger partial charge in [-0.1, -0.05) is 11.6 Å². The Hall–Kier alpha value is -0.910. The second-order valence-corrected chi connectivity index (χ2v) is 5.94. The first-order chi connectivity index (χ1) is 10.0. The van der Waals surface area contributed by atoms with E-state index >= 15 is 0 Å². The van der Waals surface area contributed by atoms with Crippen molar-refractivity contribution in [2.75, 3.05) is 26.7 Å². The minimum Gasteiger partial charge on any atom is -0.434 e. The minimum atomic E-state index is -2.82. The number of piperidine rings is 1. The van der Waals surface area contributed by atoms with Crippen LogP contribution in [0, 0.1) is 5.92 Å². The van der Waals surface area contributed by atoms with Crippen LogP contribution in [0.1, 0.15) is 18.4 Å². The quantitative estimate of drug-likeness (QED) is 0.870. The fourth-order valence-corrected chi connectivity index (χ4v) is 2.77. The number of likely N-dealkylation sites (tertiary alicyclic amines) is 1. The highest BCUT2D eigenvalue weighted by Crippen LogP contribution is 2.24. The Morgan fingerprint density at radius 2 is 2.10 bits per heavy atom. The summed E-state index contributed by atoms with van der Waals surface area (Å²) in [6, 6.07) is 4.71. The van der Waals surface area contributed by atoms with E-state index < -0.39 is 6.61 Å². The zero-order valence-corrected chi connectivity index (χ0v) is 12.9. The van der Waals surface area contributed by atoms with Gasteiger partial charge in [-0.05, 0) is 63.6 Å². The molecule has 21 heavy (non-hydrogen) atoms. The van der Waals surface area contributed by atoms with E-state index in [0.717, 1.165) is 19.6 Å². The summed E-state index contributed by atoms with van der Waals surface area (Å²) in [5, 5.41) is 3.85. The van der Waals surface area contributed by atoms with Crippen molar-refractivity contribution in [3.63, 3.8) is 0 Å². The van der Waals surface area contributed by atoms with Gasteiger partial charge >= 0.3 is 6.61 Å². The van der Waals surface area contributed by atoms with E-state index in [1.165, 1.54) is 18.9 Å². The number of alkyl halides is 2. The third-order valence-corrected chi connectivity index (χ3v) is 4.06. The standard InChI is InChI=1S/C15H21ClF2N2O/c1-20-6-4-11(5-7-20)9-19-10-12-8-13(16)2-3-14(12)21-15(17)18/h2-3,8,11,15,19H,4-7,9-10H2,1H3. The van der Waals surface area contributed by atoms with Gasteiger partial charge in [-0.3, -0.25) is 0 Å². The highest BCUT2D eigenvalue weighted by Gasteiger charge is 2.16. The first-order valence-electron chi connectivity index (χ1n) is 7.17. The Balaban J connectivity index is 1.85. The van der Waals surface area contributed by atoms with Crippen molar-refractivity contribution >= 4 is 11.6 Å². The molecule has 1 aromatic carbocycles. The van der Waals surface area contributed by atoms with Crippen molar-refractivity contribution in [1.29, 1.82) is 0 Å². The van der Waals surface area contributed by atoms with Crippen LogP contribution in [0.4, 0.5) is 8.78 Å². The largest absolute Gasteiger partial charge is 0.434 e. The molecular formula is C15H21ClF2N2O.